The van der Waals surface area contributed by atoms with Gasteiger partial charge in [0.05, 0.1) is 12.8 Å². The van der Waals surface area contributed by atoms with Crippen LogP contribution in [0.15, 0.2) is 24.3 Å². The van der Waals surface area contributed by atoms with Gasteiger partial charge in [0, 0.05) is 12.2 Å². The van der Waals surface area contributed by atoms with Crippen LogP contribution in [0.25, 0.3) is 0 Å². The number of hydrogen-bond donors (Lipinski definition) is 2. The molecule has 7 nitrogen and oxygen atoms in total. The molecular formula is C11H17N3O4S. The summed E-state index contributed by atoms with van der Waals surface area (Å²) in [5, 5.41) is 0. The molecule has 8 heteroatoms. The highest BCUT2D eigenvalue weighted by Gasteiger charge is 2.24. The maximum atomic E-state index is 12.1. The van der Waals surface area contributed by atoms with Crippen LogP contribution in [0.5, 0.6) is 0 Å². The van der Waals surface area contributed by atoms with Crippen molar-refractivity contribution in [3.05, 3.63) is 24.3 Å². The molecule has 106 valence electrons. The fourth-order valence-electron chi connectivity index (χ4n) is 1.47. The van der Waals surface area contributed by atoms with Crippen LogP contribution in [-0.4, -0.2) is 28.2 Å². The number of nitrogens with two attached hydrogens (primary N) is 1. The SMILES string of the molecule is CCCN(c1cccc(N)c1)S(=O)(=O)NC(=O)OC. The second-order valence-electron chi connectivity index (χ2n) is 3.77. The number of rotatable bonds is 5. The minimum Gasteiger partial charge on any atom is -0.452 e. The second kappa shape index (κ2) is 6.28. The molecule has 0 saturated carbocycles. The topological polar surface area (TPSA) is 102 Å². The van der Waals surface area contributed by atoms with Crippen molar-refractivity contribution in [2.75, 3.05) is 23.7 Å². The lowest BCUT2D eigenvalue weighted by atomic mass is 10.3. The predicted molar refractivity (Wildman–Crippen MR) is 73.0 cm³/mol. The van der Waals surface area contributed by atoms with E-state index in [1.54, 1.807) is 22.9 Å². The molecule has 19 heavy (non-hydrogen) atoms. The van der Waals surface area contributed by atoms with Crippen LogP contribution in [0, 0.1) is 0 Å². The summed E-state index contributed by atoms with van der Waals surface area (Å²) in [6.07, 6.45) is -0.457. The molecule has 1 aromatic rings. The standard InChI is InChI=1S/C11H17N3O4S/c1-3-7-14(10-6-4-5-9(12)8-10)19(16,17)13-11(15)18-2/h4-6,8H,3,7,12H2,1-2H3,(H,13,15). The van der Waals surface area contributed by atoms with Gasteiger partial charge < -0.3 is 10.5 Å². The van der Waals surface area contributed by atoms with Crippen LogP contribution in [0.3, 0.4) is 0 Å². The Morgan fingerprint density at radius 1 is 1.47 bits per heavy atom. The van der Waals surface area contributed by atoms with Crippen LogP contribution in [0.1, 0.15) is 13.3 Å². The number of amides is 1. The fraction of sp³-hybridized carbons (Fsp3) is 0.364. The minimum atomic E-state index is -4.01. The van der Waals surface area contributed by atoms with Crippen molar-refractivity contribution >= 4 is 27.7 Å². The third kappa shape index (κ3) is 4.02. The molecule has 0 aliphatic rings. The molecule has 0 heterocycles. The van der Waals surface area contributed by atoms with E-state index in [4.69, 9.17) is 5.73 Å². The van der Waals surface area contributed by atoms with Crippen LogP contribution >= 0.6 is 0 Å². The third-order valence-corrected chi connectivity index (χ3v) is 3.67. The first kappa shape index (κ1) is 15.1. The minimum absolute atomic E-state index is 0.218. The molecule has 0 unspecified atom stereocenters. The molecule has 0 aromatic heterocycles. The number of anilines is 2. The van der Waals surface area contributed by atoms with Crippen LogP contribution in [0.4, 0.5) is 16.2 Å². The number of carbonyl (C=O) groups is 1. The number of benzene rings is 1. The Labute approximate surface area is 112 Å². The Morgan fingerprint density at radius 2 is 2.16 bits per heavy atom. The lowest BCUT2D eigenvalue weighted by molar-refractivity contribution is 0.177. The summed E-state index contributed by atoms with van der Waals surface area (Å²) >= 11 is 0. The van der Waals surface area contributed by atoms with Crippen molar-refractivity contribution in [2.45, 2.75) is 13.3 Å². The monoisotopic (exact) mass is 287 g/mol. The Hall–Kier alpha value is -1.96. The van der Waals surface area contributed by atoms with Gasteiger partial charge in [0.2, 0.25) is 0 Å². The van der Waals surface area contributed by atoms with E-state index in [1.165, 1.54) is 6.07 Å². The molecule has 3 N–H and O–H groups in total. The fourth-order valence-corrected chi connectivity index (χ4v) is 2.69. The number of hydrogen-bond acceptors (Lipinski definition) is 5. The van der Waals surface area contributed by atoms with Gasteiger partial charge in [-0.2, -0.15) is 8.42 Å². The van der Waals surface area contributed by atoms with E-state index in [9.17, 15) is 13.2 Å². The normalized spacial score (nSPS) is 10.8. The van der Waals surface area contributed by atoms with E-state index in [1.807, 2.05) is 6.92 Å². The highest BCUT2D eigenvalue weighted by Crippen LogP contribution is 2.20. The van der Waals surface area contributed by atoms with Gasteiger partial charge in [0.1, 0.15) is 0 Å². The number of ether oxygens (including phenoxy) is 1. The van der Waals surface area contributed by atoms with Gasteiger partial charge in [-0.05, 0) is 24.6 Å². The quantitative estimate of drug-likeness (QED) is 0.789. The molecule has 0 fully saturated rings. The largest absolute Gasteiger partial charge is 0.452 e. The number of nitrogens with one attached hydrogen (secondary N) is 1. The van der Waals surface area contributed by atoms with Gasteiger partial charge in [-0.15, -0.1) is 0 Å². The zero-order valence-electron chi connectivity index (χ0n) is 10.8. The summed E-state index contributed by atoms with van der Waals surface area (Å²) in [6.45, 7) is 2.04. The Bertz CT molecular complexity index is 545. The smallest absolute Gasteiger partial charge is 0.422 e. The van der Waals surface area contributed by atoms with E-state index in [-0.39, 0.29) is 6.54 Å². The first-order valence-corrected chi connectivity index (χ1v) is 7.08. The lowest BCUT2D eigenvalue weighted by Crippen LogP contribution is -2.44. The number of nitrogen functional groups attached to an aromatic ring is 1. The summed E-state index contributed by atoms with van der Waals surface area (Å²) in [5.41, 5.74) is 6.45. The number of nitrogens with zero attached hydrogens (tertiary/aromatic N) is 1. The first-order chi connectivity index (χ1) is 8.90. The third-order valence-electron chi connectivity index (χ3n) is 2.27. The molecule has 0 atom stereocenters. The average Bonchev–Trinajstić information content (AvgIpc) is 2.35. The molecule has 0 spiro atoms. The van der Waals surface area contributed by atoms with Crippen molar-refractivity contribution in [3.63, 3.8) is 0 Å². The van der Waals surface area contributed by atoms with Crippen molar-refractivity contribution < 1.29 is 17.9 Å². The molecule has 0 aliphatic carbocycles. The molecule has 1 rings (SSSR count). The second-order valence-corrected chi connectivity index (χ2v) is 5.36. The number of carbonyl (C=O) groups excluding carboxylic acids is 1. The van der Waals surface area contributed by atoms with Gasteiger partial charge in [0.25, 0.3) is 0 Å². The molecule has 0 saturated heterocycles. The van der Waals surface area contributed by atoms with Crippen molar-refractivity contribution in [3.8, 4) is 0 Å². The summed E-state index contributed by atoms with van der Waals surface area (Å²) < 4.78 is 31.3. The highest BCUT2D eigenvalue weighted by atomic mass is 32.2. The van der Waals surface area contributed by atoms with Crippen molar-refractivity contribution in [2.24, 2.45) is 0 Å². The van der Waals surface area contributed by atoms with Gasteiger partial charge in [-0.3, -0.25) is 4.31 Å². The van der Waals surface area contributed by atoms with E-state index in [2.05, 4.69) is 4.74 Å². The Balaban J connectivity index is 3.10. The molecule has 1 aromatic carbocycles. The molecular weight excluding hydrogens is 270 g/mol. The summed E-state index contributed by atoms with van der Waals surface area (Å²) in [7, 11) is -2.92. The average molecular weight is 287 g/mol. The zero-order chi connectivity index (χ0) is 14.5. The molecule has 1 amide bonds. The Morgan fingerprint density at radius 3 is 2.68 bits per heavy atom. The first-order valence-electron chi connectivity index (χ1n) is 5.64. The van der Waals surface area contributed by atoms with E-state index < -0.39 is 16.3 Å². The van der Waals surface area contributed by atoms with Crippen LogP contribution in [-0.2, 0) is 14.9 Å². The maximum Gasteiger partial charge on any atom is 0.422 e. The van der Waals surface area contributed by atoms with Gasteiger partial charge in [0.15, 0.2) is 0 Å². The predicted octanol–water partition coefficient (Wildman–Crippen LogP) is 1.09. The van der Waals surface area contributed by atoms with Crippen LogP contribution in [0.2, 0.25) is 0 Å². The molecule has 0 radical (unpaired) electrons. The summed E-state index contributed by atoms with van der Waals surface area (Å²) in [4.78, 5) is 11.1. The zero-order valence-corrected chi connectivity index (χ0v) is 11.6. The van der Waals surface area contributed by atoms with E-state index >= 15 is 0 Å². The number of methoxy groups -OCH3 is 1. The summed E-state index contributed by atoms with van der Waals surface area (Å²) in [5.74, 6) is 0. The maximum absolute atomic E-state index is 12.1. The lowest BCUT2D eigenvalue weighted by Gasteiger charge is -2.23. The molecule has 0 aliphatic heterocycles. The van der Waals surface area contributed by atoms with E-state index in [0.717, 1.165) is 11.4 Å². The summed E-state index contributed by atoms with van der Waals surface area (Å²) in [6, 6.07) is 6.41. The van der Waals surface area contributed by atoms with Gasteiger partial charge >= 0.3 is 16.3 Å². The van der Waals surface area contributed by atoms with Crippen molar-refractivity contribution in [1.82, 2.24) is 4.72 Å². The van der Waals surface area contributed by atoms with Gasteiger partial charge in [-0.1, -0.05) is 13.0 Å². The van der Waals surface area contributed by atoms with Gasteiger partial charge in [-0.25, -0.2) is 9.52 Å². The molecule has 0 bridgehead atoms. The van der Waals surface area contributed by atoms with Crippen LogP contribution < -0.4 is 14.8 Å². The van der Waals surface area contributed by atoms with E-state index in [0.29, 0.717) is 17.8 Å². The van der Waals surface area contributed by atoms with Crippen molar-refractivity contribution in [1.29, 1.82) is 0 Å². The Kier molecular flexibility index (Phi) is 4.99. The highest BCUT2D eigenvalue weighted by molar-refractivity contribution is 7.91.